The van der Waals surface area contributed by atoms with Gasteiger partial charge in [-0.15, -0.1) is 0 Å². The smallest absolute Gasteiger partial charge is 0.295 e. The zero-order chi connectivity index (χ0) is 13.3. The van der Waals surface area contributed by atoms with Crippen LogP contribution in [0.2, 0.25) is 0 Å². The molecule has 18 heavy (non-hydrogen) atoms. The summed E-state index contributed by atoms with van der Waals surface area (Å²) in [6, 6.07) is 5.80. The Morgan fingerprint density at radius 1 is 1.44 bits per heavy atom. The Hall–Kier alpha value is -1.58. The van der Waals surface area contributed by atoms with Gasteiger partial charge in [0.15, 0.2) is 0 Å². The van der Waals surface area contributed by atoms with Crippen LogP contribution in [0.3, 0.4) is 0 Å². The Bertz CT molecular complexity index is 469. The number of anilines is 1. The predicted molar refractivity (Wildman–Crippen MR) is 72.9 cm³/mol. The fourth-order valence-corrected chi connectivity index (χ4v) is 2.80. The van der Waals surface area contributed by atoms with Crippen molar-refractivity contribution < 1.29 is 4.92 Å². The summed E-state index contributed by atoms with van der Waals surface area (Å²) < 4.78 is 0. The van der Waals surface area contributed by atoms with Gasteiger partial charge in [0.05, 0.1) is 4.92 Å². The van der Waals surface area contributed by atoms with Crippen LogP contribution in [-0.4, -0.2) is 11.0 Å². The van der Waals surface area contributed by atoms with Gasteiger partial charge in [-0.3, -0.25) is 10.1 Å². The molecule has 0 aliphatic heterocycles. The van der Waals surface area contributed by atoms with Crippen molar-refractivity contribution in [1.82, 2.24) is 0 Å². The Morgan fingerprint density at radius 3 is 2.72 bits per heavy atom. The van der Waals surface area contributed by atoms with Crippen molar-refractivity contribution in [1.29, 1.82) is 0 Å². The third-order valence-corrected chi connectivity index (χ3v) is 3.75. The Labute approximate surface area is 108 Å². The number of hydrogen-bond acceptors (Lipinski definition) is 3. The normalized spacial score (nSPS) is 21.8. The van der Waals surface area contributed by atoms with Gasteiger partial charge in [-0.05, 0) is 37.7 Å². The van der Waals surface area contributed by atoms with Crippen LogP contribution in [0.25, 0.3) is 0 Å². The van der Waals surface area contributed by atoms with Crippen LogP contribution in [0.5, 0.6) is 0 Å². The van der Waals surface area contributed by atoms with E-state index in [0.29, 0.717) is 22.7 Å². The van der Waals surface area contributed by atoms with Crippen LogP contribution < -0.4 is 5.32 Å². The summed E-state index contributed by atoms with van der Waals surface area (Å²) >= 11 is 0. The van der Waals surface area contributed by atoms with Gasteiger partial charge in [-0.1, -0.05) is 26.0 Å². The first-order valence-electron chi connectivity index (χ1n) is 6.40. The number of nitrogens with one attached hydrogen (secondary N) is 1. The van der Waals surface area contributed by atoms with Crippen molar-refractivity contribution in [2.75, 3.05) is 5.32 Å². The maximum atomic E-state index is 11.1. The van der Waals surface area contributed by atoms with E-state index in [4.69, 9.17) is 0 Å². The van der Waals surface area contributed by atoms with E-state index in [-0.39, 0.29) is 10.6 Å². The molecule has 4 heteroatoms. The molecule has 0 saturated heterocycles. The van der Waals surface area contributed by atoms with Crippen molar-refractivity contribution in [3.63, 3.8) is 0 Å². The van der Waals surface area contributed by atoms with E-state index in [0.717, 1.165) is 12.8 Å². The average Bonchev–Trinajstić information content (AvgIpc) is 2.57. The highest BCUT2D eigenvalue weighted by Gasteiger charge is 2.32. The topological polar surface area (TPSA) is 55.2 Å². The minimum absolute atomic E-state index is 0.210. The summed E-state index contributed by atoms with van der Waals surface area (Å²) in [5, 5.41) is 14.5. The maximum Gasteiger partial charge on any atom is 0.295 e. The first-order valence-corrected chi connectivity index (χ1v) is 6.40. The molecule has 1 N–H and O–H groups in total. The molecule has 0 radical (unpaired) electrons. The standard InChI is InChI=1S/C14H20N2O2/c1-10-5-4-6-12(13(10)16(17)18)15-11-7-8-14(2,3)9-11/h4-6,11,15H,7-9H2,1-3H3. The van der Waals surface area contributed by atoms with Gasteiger partial charge in [-0.25, -0.2) is 0 Å². The number of benzene rings is 1. The summed E-state index contributed by atoms with van der Waals surface area (Å²) in [5.74, 6) is 0. The lowest BCUT2D eigenvalue weighted by Crippen LogP contribution is -2.18. The number of nitro benzene ring substituents is 1. The second-order valence-corrected chi connectivity index (χ2v) is 5.98. The van der Waals surface area contributed by atoms with Crippen LogP contribution >= 0.6 is 0 Å². The van der Waals surface area contributed by atoms with Crippen LogP contribution in [0.4, 0.5) is 11.4 Å². The number of nitrogens with zero attached hydrogens (tertiary/aromatic N) is 1. The summed E-state index contributed by atoms with van der Waals surface area (Å²) in [7, 11) is 0. The van der Waals surface area contributed by atoms with E-state index < -0.39 is 0 Å². The third kappa shape index (κ3) is 2.63. The van der Waals surface area contributed by atoms with Crippen molar-refractivity contribution in [3.05, 3.63) is 33.9 Å². The van der Waals surface area contributed by atoms with E-state index in [9.17, 15) is 10.1 Å². The molecule has 1 aliphatic rings. The number of nitro groups is 1. The van der Waals surface area contributed by atoms with Crippen LogP contribution in [0, 0.1) is 22.5 Å². The van der Waals surface area contributed by atoms with Gasteiger partial charge in [0, 0.05) is 11.6 Å². The average molecular weight is 248 g/mol. The van der Waals surface area contributed by atoms with Crippen molar-refractivity contribution in [2.24, 2.45) is 5.41 Å². The molecule has 4 nitrogen and oxygen atoms in total. The molecule has 2 rings (SSSR count). The molecule has 0 aromatic heterocycles. The molecular weight excluding hydrogens is 228 g/mol. The quantitative estimate of drug-likeness (QED) is 0.652. The largest absolute Gasteiger partial charge is 0.377 e. The monoisotopic (exact) mass is 248 g/mol. The summed E-state index contributed by atoms with van der Waals surface area (Å²) in [5.41, 5.74) is 1.92. The highest BCUT2D eigenvalue weighted by atomic mass is 16.6. The molecule has 1 fully saturated rings. The molecule has 0 spiro atoms. The Morgan fingerprint density at radius 2 is 2.17 bits per heavy atom. The highest BCUT2D eigenvalue weighted by molar-refractivity contribution is 5.65. The molecule has 0 amide bonds. The van der Waals surface area contributed by atoms with Crippen LogP contribution in [0.15, 0.2) is 18.2 Å². The van der Waals surface area contributed by atoms with E-state index in [2.05, 4.69) is 19.2 Å². The summed E-state index contributed by atoms with van der Waals surface area (Å²) in [6.45, 7) is 6.28. The molecule has 1 atom stereocenters. The van der Waals surface area contributed by atoms with Gasteiger partial charge in [0.25, 0.3) is 5.69 Å². The second kappa shape index (κ2) is 4.59. The molecule has 98 valence electrons. The number of aryl methyl sites for hydroxylation is 1. The number of rotatable bonds is 3. The molecule has 1 aliphatic carbocycles. The molecular formula is C14H20N2O2. The van der Waals surface area contributed by atoms with E-state index in [1.54, 1.807) is 19.1 Å². The molecule has 1 aromatic carbocycles. The third-order valence-electron chi connectivity index (χ3n) is 3.75. The molecule has 1 unspecified atom stereocenters. The fourth-order valence-electron chi connectivity index (χ4n) is 2.80. The number of para-hydroxylation sites is 1. The van der Waals surface area contributed by atoms with E-state index in [1.165, 1.54) is 6.42 Å². The first-order chi connectivity index (χ1) is 8.39. The molecule has 1 aromatic rings. The molecule has 0 heterocycles. The van der Waals surface area contributed by atoms with Gasteiger partial charge in [0.2, 0.25) is 0 Å². The zero-order valence-electron chi connectivity index (χ0n) is 11.2. The summed E-state index contributed by atoms with van der Waals surface area (Å²) in [6.07, 6.45) is 3.32. The van der Waals surface area contributed by atoms with Gasteiger partial charge < -0.3 is 5.32 Å². The molecule has 0 bridgehead atoms. The lowest BCUT2D eigenvalue weighted by molar-refractivity contribution is -0.384. The van der Waals surface area contributed by atoms with Crippen molar-refractivity contribution in [3.8, 4) is 0 Å². The Balaban J connectivity index is 2.20. The Kier molecular flexibility index (Phi) is 3.28. The van der Waals surface area contributed by atoms with Gasteiger partial charge >= 0.3 is 0 Å². The summed E-state index contributed by atoms with van der Waals surface area (Å²) in [4.78, 5) is 10.8. The van der Waals surface area contributed by atoms with Gasteiger partial charge in [0.1, 0.15) is 5.69 Å². The van der Waals surface area contributed by atoms with Crippen molar-refractivity contribution >= 4 is 11.4 Å². The SMILES string of the molecule is Cc1cccc(NC2CCC(C)(C)C2)c1[N+](=O)[O-]. The van der Waals surface area contributed by atoms with E-state index >= 15 is 0 Å². The first kappa shape index (κ1) is 12.9. The second-order valence-electron chi connectivity index (χ2n) is 5.98. The minimum Gasteiger partial charge on any atom is -0.377 e. The van der Waals surface area contributed by atoms with Crippen LogP contribution in [-0.2, 0) is 0 Å². The fraction of sp³-hybridized carbons (Fsp3) is 0.571. The highest BCUT2D eigenvalue weighted by Crippen LogP contribution is 2.39. The number of hydrogen-bond donors (Lipinski definition) is 1. The lowest BCUT2D eigenvalue weighted by atomic mass is 9.92. The predicted octanol–water partition coefficient (Wildman–Crippen LogP) is 3.89. The van der Waals surface area contributed by atoms with E-state index in [1.807, 2.05) is 6.07 Å². The maximum absolute atomic E-state index is 11.1. The van der Waals surface area contributed by atoms with Gasteiger partial charge in [-0.2, -0.15) is 0 Å². The van der Waals surface area contributed by atoms with Crippen molar-refractivity contribution in [2.45, 2.75) is 46.1 Å². The lowest BCUT2D eigenvalue weighted by Gasteiger charge is -2.18. The molecule has 1 saturated carbocycles. The minimum atomic E-state index is -0.294. The zero-order valence-corrected chi connectivity index (χ0v) is 11.2. The van der Waals surface area contributed by atoms with Crippen LogP contribution in [0.1, 0.15) is 38.7 Å².